The van der Waals surface area contributed by atoms with Gasteiger partial charge in [-0.05, 0) is 23.8 Å². The highest BCUT2D eigenvalue weighted by Crippen LogP contribution is 2.43. The Kier molecular flexibility index (Phi) is 3.95. The van der Waals surface area contributed by atoms with Crippen molar-refractivity contribution < 1.29 is 24.9 Å². The second kappa shape index (κ2) is 6.34. The molecule has 1 aliphatic carbocycles. The maximum absolute atomic E-state index is 12.9. The van der Waals surface area contributed by atoms with Gasteiger partial charge in [0, 0.05) is 16.7 Å². The maximum Gasteiger partial charge on any atom is 0.198 e. The number of benzene rings is 3. The van der Waals surface area contributed by atoms with Crippen LogP contribution < -0.4 is 0 Å². The molecule has 28 heavy (non-hydrogen) atoms. The topological polar surface area (TPSA) is 119 Å². The summed E-state index contributed by atoms with van der Waals surface area (Å²) >= 11 is 0. The number of hydrogen-bond acceptors (Lipinski definition) is 6. The largest absolute Gasteiger partial charge is 0.507 e. The van der Waals surface area contributed by atoms with E-state index in [1.807, 2.05) is 6.07 Å². The fourth-order valence-electron chi connectivity index (χ4n) is 3.41. The van der Waals surface area contributed by atoms with Crippen LogP contribution in [0.2, 0.25) is 0 Å². The van der Waals surface area contributed by atoms with Crippen LogP contribution in [0.4, 0.5) is 0 Å². The monoisotopic (exact) mass is 371 g/mol. The Morgan fingerprint density at radius 1 is 0.857 bits per heavy atom. The summed E-state index contributed by atoms with van der Waals surface area (Å²) in [5, 5.41) is 40.7. The number of fused-ring (bicyclic) bond motifs is 2. The van der Waals surface area contributed by atoms with Crippen LogP contribution in [0.1, 0.15) is 54.6 Å². The molecule has 6 nitrogen and oxygen atoms in total. The third kappa shape index (κ3) is 2.46. The number of carbonyl (C=O) groups excluding carboxylic acids is 2. The van der Waals surface area contributed by atoms with Crippen LogP contribution in [-0.2, 0) is 0 Å². The van der Waals surface area contributed by atoms with Gasteiger partial charge in [0.1, 0.15) is 17.6 Å². The summed E-state index contributed by atoms with van der Waals surface area (Å²) in [5.41, 5.74) is 0.300. The molecule has 4 rings (SSSR count). The van der Waals surface area contributed by atoms with E-state index in [-0.39, 0.29) is 27.8 Å². The highest BCUT2D eigenvalue weighted by atomic mass is 16.3. The Morgan fingerprint density at radius 3 is 2.00 bits per heavy atom. The lowest BCUT2D eigenvalue weighted by molar-refractivity contribution is 0.0973. The molecule has 0 amide bonds. The number of aromatic hydroxyl groups is 2. The lowest BCUT2D eigenvalue weighted by Crippen LogP contribution is -2.22. The molecule has 3 aromatic carbocycles. The fraction of sp³-hybridized carbons (Fsp3) is 0.0455. The molecule has 1 unspecified atom stereocenters. The Bertz CT molecular complexity index is 1190. The maximum atomic E-state index is 12.9. The van der Waals surface area contributed by atoms with Crippen LogP contribution in [0.15, 0.2) is 54.6 Å². The van der Waals surface area contributed by atoms with Crippen LogP contribution in [-0.4, -0.2) is 26.9 Å². The van der Waals surface area contributed by atoms with Gasteiger partial charge in [-0.1, -0.05) is 36.4 Å². The first-order chi connectivity index (χ1) is 13.4. The molecular weight excluding hydrogens is 358 g/mol. The molecule has 0 spiro atoms. The minimum Gasteiger partial charge on any atom is -0.507 e. The van der Waals surface area contributed by atoms with Crippen LogP contribution in [0.5, 0.6) is 11.5 Å². The smallest absolute Gasteiger partial charge is 0.198 e. The lowest BCUT2D eigenvalue weighted by Gasteiger charge is -2.22. The molecule has 0 aliphatic heterocycles. The lowest BCUT2D eigenvalue weighted by atomic mass is 9.81. The predicted octanol–water partition coefficient (Wildman–Crippen LogP) is 2.83. The normalized spacial score (nSPS) is 13.4. The summed E-state index contributed by atoms with van der Waals surface area (Å²) in [6.07, 6.45) is -1.37. The first-order valence-electron chi connectivity index (χ1n) is 8.39. The molecule has 0 aromatic heterocycles. The van der Waals surface area contributed by atoms with Crippen LogP contribution in [0, 0.1) is 11.3 Å². The van der Waals surface area contributed by atoms with Crippen molar-refractivity contribution in [2.45, 2.75) is 6.10 Å². The molecule has 3 N–H and O–H groups in total. The first kappa shape index (κ1) is 17.5. The number of phenols is 2. The summed E-state index contributed by atoms with van der Waals surface area (Å²) in [7, 11) is 0. The summed E-state index contributed by atoms with van der Waals surface area (Å²) in [5.74, 6) is -2.23. The standard InChI is InChI=1S/C22H13NO5/c23-10-11-5-7-12(8-6-11)19(25)15-9-16(24)17-18(22(15)28)21(27)14-4-2-1-3-13(14)20(17)26/h1-9,19,24-25,28H. The van der Waals surface area contributed by atoms with E-state index < -0.39 is 29.2 Å². The van der Waals surface area contributed by atoms with E-state index in [0.717, 1.165) is 6.07 Å². The second-order valence-electron chi connectivity index (χ2n) is 6.42. The summed E-state index contributed by atoms with van der Waals surface area (Å²) < 4.78 is 0. The van der Waals surface area contributed by atoms with Crippen molar-refractivity contribution in [1.82, 2.24) is 0 Å². The molecule has 0 heterocycles. The third-order valence-electron chi connectivity index (χ3n) is 4.83. The molecule has 6 heteroatoms. The summed E-state index contributed by atoms with van der Waals surface area (Å²) in [6, 6.07) is 15.2. The molecule has 3 aromatic rings. The van der Waals surface area contributed by atoms with E-state index in [4.69, 9.17) is 5.26 Å². The molecule has 0 fully saturated rings. The van der Waals surface area contributed by atoms with E-state index in [2.05, 4.69) is 0 Å². The van der Waals surface area contributed by atoms with Gasteiger partial charge in [0.2, 0.25) is 0 Å². The van der Waals surface area contributed by atoms with Crippen molar-refractivity contribution in [3.8, 4) is 17.6 Å². The number of nitriles is 1. The molecule has 0 saturated carbocycles. The average molecular weight is 371 g/mol. The van der Waals surface area contributed by atoms with Gasteiger partial charge in [-0.2, -0.15) is 5.26 Å². The second-order valence-corrected chi connectivity index (χ2v) is 6.42. The fourth-order valence-corrected chi connectivity index (χ4v) is 3.41. The van der Waals surface area contributed by atoms with Gasteiger partial charge >= 0.3 is 0 Å². The number of nitrogens with zero attached hydrogens (tertiary/aromatic N) is 1. The van der Waals surface area contributed by atoms with Crippen LogP contribution >= 0.6 is 0 Å². The summed E-state index contributed by atoms with van der Waals surface area (Å²) in [4.78, 5) is 25.6. The number of carbonyl (C=O) groups is 2. The number of aliphatic hydroxyl groups excluding tert-OH is 1. The minimum atomic E-state index is -1.37. The zero-order valence-electron chi connectivity index (χ0n) is 14.4. The molecule has 0 bridgehead atoms. The van der Waals surface area contributed by atoms with Crippen molar-refractivity contribution in [1.29, 1.82) is 5.26 Å². The summed E-state index contributed by atoms with van der Waals surface area (Å²) in [6.45, 7) is 0. The SMILES string of the molecule is N#Cc1ccc(C(O)c2cc(O)c3c(c2O)C(=O)c2ccccc2C3=O)cc1. The average Bonchev–Trinajstić information content (AvgIpc) is 2.73. The van der Waals surface area contributed by atoms with Gasteiger partial charge < -0.3 is 15.3 Å². The predicted molar refractivity (Wildman–Crippen MR) is 98.3 cm³/mol. The Labute approximate surface area is 159 Å². The van der Waals surface area contributed by atoms with Crippen LogP contribution in [0.25, 0.3) is 0 Å². The number of phenolic OH excluding ortho intramolecular Hbond substituents is 2. The van der Waals surface area contributed by atoms with Crippen LogP contribution in [0.3, 0.4) is 0 Å². The zero-order chi connectivity index (χ0) is 20.0. The molecule has 1 atom stereocenters. The van der Waals surface area contributed by atoms with Gasteiger partial charge in [-0.15, -0.1) is 0 Å². The van der Waals surface area contributed by atoms with Gasteiger partial charge in [0.05, 0.1) is 22.8 Å². The van der Waals surface area contributed by atoms with Gasteiger partial charge in [-0.3, -0.25) is 9.59 Å². The van der Waals surface area contributed by atoms with E-state index in [1.165, 1.54) is 36.4 Å². The Morgan fingerprint density at radius 2 is 1.43 bits per heavy atom. The number of hydrogen-bond donors (Lipinski definition) is 3. The van der Waals surface area contributed by atoms with Crippen molar-refractivity contribution in [3.63, 3.8) is 0 Å². The molecule has 136 valence electrons. The van der Waals surface area contributed by atoms with Crippen molar-refractivity contribution in [3.05, 3.63) is 93.5 Å². The molecular formula is C22H13NO5. The molecule has 0 radical (unpaired) electrons. The Hall–Kier alpha value is -3.95. The number of aliphatic hydroxyl groups is 1. The van der Waals surface area contributed by atoms with Gasteiger partial charge in [-0.25, -0.2) is 0 Å². The minimum absolute atomic E-state index is 0.110. The Balaban J connectivity index is 1.89. The zero-order valence-corrected chi connectivity index (χ0v) is 14.4. The first-order valence-corrected chi connectivity index (χ1v) is 8.39. The van der Waals surface area contributed by atoms with E-state index in [1.54, 1.807) is 12.1 Å². The molecule has 1 aliphatic rings. The quantitative estimate of drug-likeness (QED) is 0.466. The van der Waals surface area contributed by atoms with Crippen molar-refractivity contribution in [2.75, 3.05) is 0 Å². The number of ketones is 2. The van der Waals surface area contributed by atoms with Crippen molar-refractivity contribution in [2.24, 2.45) is 0 Å². The number of rotatable bonds is 2. The van der Waals surface area contributed by atoms with E-state index >= 15 is 0 Å². The van der Waals surface area contributed by atoms with Crippen molar-refractivity contribution >= 4 is 11.6 Å². The van der Waals surface area contributed by atoms with Gasteiger partial charge in [0.25, 0.3) is 0 Å². The highest BCUT2D eigenvalue weighted by molar-refractivity contribution is 6.30. The third-order valence-corrected chi connectivity index (χ3v) is 4.83. The highest BCUT2D eigenvalue weighted by Gasteiger charge is 2.36. The van der Waals surface area contributed by atoms with E-state index in [0.29, 0.717) is 11.1 Å². The van der Waals surface area contributed by atoms with E-state index in [9.17, 15) is 24.9 Å². The van der Waals surface area contributed by atoms with Gasteiger partial charge in [0.15, 0.2) is 11.6 Å². The molecule has 0 saturated heterocycles.